The SMILES string of the molecule is O=C(CN1CCOC(c2ccc(F)cc2)C1)Nc1cc(C(F)(F)F)ccc1N1CCOCC1. The highest BCUT2D eigenvalue weighted by Crippen LogP contribution is 2.36. The third kappa shape index (κ3) is 6.01. The van der Waals surface area contributed by atoms with Gasteiger partial charge in [-0.1, -0.05) is 12.1 Å². The molecule has 0 saturated carbocycles. The Bertz CT molecular complexity index is 962. The van der Waals surface area contributed by atoms with Gasteiger partial charge in [-0.3, -0.25) is 9.69 Å². The first-order chi connectivity index (χ1) is 15.8. The van der Waals surface area contributed by atoms with Crippen molar-refractivity contribution in [1.29, 1.82) is 0 Å². The zero-order valence-electron chi connectivity index (χ0n) is 17.9. The van der Waals surface area contributed by atoms with Crippen LogP contribution in [0.1, 0.15) is 17.2 Å². The molecule has 10 heteroatoms. The maximum Gasteiger partial charge on any atom is 0.416 e. The van der Waals surface area contributed by atoms with E-state index in [0.717, 1.165) is 17.7 Å². The van der Waals surface area contributed by atoms with Crippen LogP contribution in [0.5, 0.6) is 0 Å². The molecule has 2 fully saturated rings. The molecule has 1 amide bonds. The lowest BCUT2D eigenvalue weighted by Crippen LogP contribution is -2.42. The van der Waals surface area contributed by atoms with E-state index in [1.807, 2.05) is 9.80 Å². The Labute approximate surface area is 189 Å². The number of alkyl halides is 3. The maximum absolute atomic E-state index is 13.3. The first-order valence-electron chi connectivity index (χ1n) is 10.7. The van der Waals surface area contributed by atoms with Gasteiger partial charge in [0.05, 0.1) is 49.4 Å². The number of nitrogens with one attached hydrogen (secondary N) is 1. The van der Waals surface area contributed by atoms with E-state index in [9.17, 15) is 22.4 Å². The third-order valence-electron chi connectivity index (χ3n) is 5.71. The molecule has 0 aromatic heterocycles. The summed E-state index contributed by atoms with van der Waals surface area (Å²) in [6, 6.07) is 9.38. The molecular weight excluding hydrogens is 442 g/mol. The predicted molar refractivity (Wildman–Crippen MR) is 115 cm³/mol. The molecule has 178 valence electrons. The Morgan fingerprint density at radius 3 is 2.45 bits per heavy atom. The van der Waals surface area contributed by atoms with E-state index in [0.29, 0.717) is 51.7 Å². The molecule has 1 unspecified atom stereocenters. The maximum atomic E-state index is 13.3. The highest BCUT2D eigenvalue weighted by atomic mass is 19.4. The van der Waals surface area contributed by atoms with Gasteiger partial charge in [0.2, 0.25) is 5.91 Å². The number of rotatable bonds is 5. The summed E-state index contributed by atoms with van der Waals surface area (Å²) in [7, 11) is 0. The number of carbonyl (C=O) groups is 1. The van der Waals surface area contributed by atoms with E-state index in [1.54, 1.807) is 12.1 Å². The first-order valence-corrected chi connectivity index (χ1v) is 10.7. The van der Waals surface area contributed by atoms with Crippen molar-refractivity contribution in [2.75, 3.05) is 62.8 Å². The number of benzene rings is 2. The van der Waals surface area contributed by atoms with Crippen LogP contribution < -0.4 is 10.2 Å². The topological polar surface area (TPSA) is 54.0 Å². The second-order valence-electron chi connectivity index (χ2n) is 8.02. The smallest absolute Gasteiger partial charge is 0.378 e. The molecule has 2 aliphatic heterocycles. The van der Waals surface area contributed by atoms with Gasteiger partial charge in [0.1, 0.15) is 5.82 Å². The number of hydrogen-bond acceptors (Lipinski definition) is 5. The van der Waals surface area contributed by atoms with E-state index < -0.39 is 17.6 Å². The lowest BCUT2D eigenvalue weighted by Gasteiger charge is -2.33. The van der Waals surface area contributed by atoms with Gasteiger partial charge in [-0.15, -0.1) is 0 Å². The zero-order chi connectivity index (χ0) is 23.4. The van der Waals surface area contributed by atoms with Crippen molar-refractivity contribution in [2.45, 2.75) is 12.3 Å². The molecule has 1 N–H and O–H groups in total. The van der Waals surface area contributed by atoms with Gasteiger partial charge in [0.25, 0.3) is 0 Å². The Morgan fingerprint density at radius 2 is 1.76 bits per heavy atom. The fourth-order valence-corrected chi connectivity index (χ4v) is 4.01. The van der Waals surface area contributed by atoms with E-state index in [1.165, 1.54) is 18.2 Å². The Balaban J connectivity index is 1.46. The molecule has 0 radical (unpaired) electrons. The Kier molecular flexibility index (Phi) is 7.16. The summed E-state index contributed by atoms with van der Waals surface area (Å²) in [6.45, 7) is 3.29. The van der Waals surface area contributed by atoms with Crippen LogP contribution in [0.3, 0.4) is 0 Å². The monoisotopic (exact) mass is 467 g/mol. The highest BCUT2D eigenvalue weighted by Gasteiger charge is 2.32. The lowest BCUT2D eigenvalue weighted by atomic mass is 10.1. The number of morpholine rings is 2. The molecule has 0 bridgehead atoms. The molecule has 0 spiro atoms. The average molecular weight is 467 g/mol. The summed E-state index contributed by atoms with van der Waals surface area (Å²) in [5.74, 6) is -0.758. The van der Waals surface area contributed by atoms with Crippen molar-refractivity contribution < 1.29 is 31.8 Å². The van der Waals surface area contributed by atoms with Crippen LogP contribution in [-0.4, -0.2) is 63.4 Å². The number of nitrogens with zero attached hydrogens (tertiary/aromatic N) is 2. The standard InChI is InChI=1S/C23H25F4N3O3/c24-18-4-1-16(2-5-18)21-14-29(7-12-33-21)15-22(31)28-19-13-17(23(25,26)27)3-6-20(19)30-8-10-32-11-9-30/h1-6,13,21H,7-12,14-15H2,(H,28,31). The number of anilines is 2. The van der Waals surface area contributed by atoms with Crippen LogP contribution in [0.15, 0.2) is 42.5 Å². The summed E-state index contributed by atoms with van der Waals surface area (Å²) in [5, 5.41) is 2.68. The van der Waals surface area contributed by atoms with Crippen molar-refractivity contribution in [3.8, 4) is 0 Å². The van der Waals surface area contributed by atoms with Crippen LogP contribution >= 0.6 is 0 Å². The van der Waals surface area contributed by atoms with Crippen LogP contribution in [0, 0.1) is 5.82 Å². The van der Waals surface area contributed by atoms with Gasteiger partial charge in [0.15, 0.2) is 0 Å². The van der Waals surface area contributed by atoms with Gasteiger partial charge in [-0.2, -0.15) is 13.2 Å². The van der Waals surface area contributed by atoms with E-state index >= 15 is 0 Å². The Hall–Kier alpha value is -2.69. The summed E-state index contributed by atoms with van der Waals surface area (Å²) < 4.78 is 64.1. The molecule has 2 aliphatic rings. The van der Waals surface area contributed by atoms with Crippen molar-refractivity contribution in [3.05, 3.63) is 59.4 Å². The summed E-state index contributed by atoms with van der Waals surface area (Å²) in [5.41, 5.74) is 0.637. The third-order valence-corrected chi connectivity index (χ3v) is 5.71. The van der Waals surface area contributed by atoms with Crippen LogP contribution in [0.2, 0.25) is 0 Å². The minimum atomic E-state index is -4.52. The number of amides is 1. The molecular formula is C23H25F4N3O3. The molecule has 2 aromatic rings. The van der Waals surface area contributed by atoms with Gasteiger partial charge >= 0.3 is 6.18 Å². The molecule has 0 aliphatic carbocycles. The fourth-order valence-electron chi connectivity index (χ4n) is 4.01. The van der Waals surface area contributed by atoms with Crippen LogP contribution in [0.25, 0.3) is 0 Å². The minimum absolute atomic E-state index is 0.000148. The van der Waals surface area contributed by atoms with E-state index in [2.05, 4.69) is 5.32 Å². The largest absolute Gasteiger partial charge is 0.416 e. The molecule has 2 aromatic carbocycles. The summed E-state index contributed by atoms with van der Waals surface area (Å²) in [4.78, 5) is 16.6. The molecule has 2 saturated heterocycles. The van der Waals surface area contributed by atoms with E-state index in [4.69, 9.17) is 9.47 Å². The summed E-state index contributed by atoms with van der Waals surface area (Å²) >= 11 is 0. The first kappa shape index (κ1) is 23.5. The van der Waals surface area contributed by atoms with Crippen molar-refractivity contribution in [2.24, 2.45) is 0 Å². The van der Waals surface area contributed by atoms with Crippen LogP contribution in [-0.2, 0) is 20.4 Å². The Morgan fingerprint density at radius 1 is 1.03 bits per heavy atom. The van der Waals surface area contributed by atoms with Crippen molar-refractivity contribution in [1.82, 2.24) is 4.90 Å². The number of carbonyl (C=O) groups excluding carboxylic acids is 1. The molecule has 33 heavy (non-hydrogen) atoms. The van der Waals surface area contributed by atoms with Gasteiger partial charge in [0, 0.05) is 26.2 Å². The van der Waals surface area contributed by atoms with E-state index in [-0.39, 0.29) is 24.2 Å². The molecule has 1 atom stereocenters. The lowest BCUT2D eigenvalue weighted by molar-refractivity contribution is -0.137. The molecule has 6 nitrogen and oxygen atoms in total. The normalized spacial score (nSPS) is 20.0. The quantitative estimate of drug-likeness (QED) is 0.680. The minimum Gasteiger partial charge on any atom is -0.378 e. The van der Waals surface area contributed by atoms with Gasteiger partial charge in [-0.25, -0.2) is 4.39 Å². The fraction of sp³-hybridized carbons (Fsp3) is 0.435. The second-order valence-corrected chi connectivity index (χ2v) is 8.02. The predicted octanol–water partition coefficient (Wildman–Crippen LogP) is 3.69. The van der Waals surface area contributed by atoms with Crippen molar-refractivity contribution in [3.63, 3.8) is 0 Å². The number of halogens is 4. The van der Waals surface area contributed by atoms with Crippen molar-refractivity contribution >= 4 is 17.3 Å². The van der Waals surface area contributed by atoms with Crippen LogP contribution in [0.4, 0.5) is 28.9 Å². The number of ether oxygens (including phenoxy) is 2. The summed E-state index contributed by atoms with van der Waals surface area (Å²) in [6.07, 6.45) is -4.83. The number of hydrogen-bond donors (Lipinski definition) is 1. The zero-order valence-corrected chi connectivity index (χ0v) is 17.9. The van der Waals surface area contributed by atoms with Gasteiger partial charge < -0.3 is 19.7 Å². The molecule has 2 heterocycles. The second kappa shape index (κ2) is 10.1. The van der Waals surface area contributed by atoms with Gasteiger partial charge in [-0.05, 0) is 35.9 Å². The highest BCUT2D eigenvalue weighted by molar-refractivity contribution is 5.95. The molecule has 4 rings (SSSR count). The average Bonchev–Trinajstić information content (AvgIpc) is 2.79.